The lowest BCUT2D eigenvalue weighted by molar-refractivity contribution is -0.137. The Kier molecular flexibility index (Phi) is 5.46. The molecule has 2 aromatic rings. The highest BCUT2D eigenvalue weighted by atomic mass is 32.1. The molecule has 0 unspecified atom stereocenters. The number of benzene rings is 2. The number of fused-ring (bicyclic) bond motifs is 1. The summed E-state index contributed by atoms with van der Waals surface area (Å²) in [7, 11) is 0. The van der Waals surface area contributed by atoms with Gasteiger partial charge in [0.1, 0.15) is 12.1 Å². The molecule has 33 heavy (non-hydrogen) atoms. The Morgan fingerprint density at radius 3 is 2.55 bits per heavy atom. The minimum Gasteiger partial charge on any atom is -0.486 e. The predicted molar refractivity (Wildman–Crippen MR) is 116 cm³/mol. The molecular formula is C22H18F3N3O4S. The third kappa shape index (κ3) is 3.75. The Morgan fingerprint density at radius 2 is 1.91 bits per heavy atom. The average Bonchev–Trinajstić information content (AvgIpc) is 2.95. The second-order valence-corrected chi connectivity index (χ2v) is 8.39. The summed E-state index contributed by atoms with van der Waals surface area (Å²) >= 11 is 5.52. The van der Waals surface area contributed by atoms with Gasteiger partial charge in [-0.15, -0.1) is 0 Å². The van der Waals surface area contributed by atoms with Gasteiger partial charge in [-0.3, -0.25) is 9.69 Å². The highest BCUT2D eigenvalue weighted by molar-refractivity contribution is 7.81. The molecule has 1 fully saturated rings. The van der Waals surface area contributed by atoms with Gasteiger partial charge in [0.25, 0.3) is 5.91 Å². The maximum atomic E-state index is 13.5. The first kappa shape index (κ1) is 22.8. The molecule has 172 valence electrons. The van der Waals surface area contributed by atoms with Crippen LogP contribution in [0.4, 0.5) is 24.5 Å². The average molecular weight is 477 g/mol. The Hall–Kier alpha value is -3.36. The lowest BCUT2D eigenvalue weighted by atomic mass is 10.0. The molecule has 0 aromatic heterocycles. The summed E-state index contributed by atoms with van der Waals surface area (Å²) in [4.78, 5) is 15.8. The van der Waals surface area contributed by atoms with E-state index in [4.69, 9.17) is 27.0 Å². The van der Waals surface area contributed by atoms with Crippen LogP contribution in [0.15, 0.2) is 36.4 Å². The summed E-state index contributed by atoms with van der Waals surface area (Å²) in [5.41, 5.74) is -2.52. The maximum absolute atomic E-state index is 13.5. The Morgan fingerprint density at radius 1 is 1.21 bits per heavy atom. The lowest BCUT2D eigenvalue weighted by Gasteiger charge is -2.31. The van der Waals surface area contributed by atoms with Gasteiger partial charge in [-0.1, -0.05) is 0 Å². The van der Waals surface area contributed by atoms with E-state index in [0.717, 1.165) is 17.0 Å². The van der Waals surface area contributed by atoms with Crippen molar-refractivity contribution >= 4 is 34.6 Å². The second-order valence-electron chi connectivity index (χ2n) is 8.02. The third-order valence-corrected chi connectivity index (χ3v) is 5.83. The molecule has 4 rings (SSSR count). The van der Waals surface area contributed by atoms with Crippen LogP contribution >= 0.6 is 12.2 Å². The number of alkyl halides is 3. The molecular weight excluding hydrogens is 459 g/mol. The topological polar surface area (TPSA) is 86.0 Å². The van der Waals surface area contributed by atoms with E-state index in [1.165, 1.54) is 17.0 Å². The standard InChI is InChI=1S/C22H18F3N3O4S/c1-21(2)19(30)27(13-4-3-12(9-26)16(7-13)22(23,24)25)20(33)28(21)14-5-6-17-18(8-14)31-11-15(10-29)32-17/h3-8,15,29H,10-11H2,1-2H3/t15-/m0/s1. The van der Waals surface area contributed by atoms with E-state index in [0.29, 0.717) is 17.2 Å². The molecule has 0 saturated carbocycles. The maximum Gasteiger partial charge on any atom is 0.417 e. The van der Waals surface area contributed by atoms with Crippen LogP contribution in [-0.4, -0.2) is 41.0 Å². The zero-order chi connectivity index (χ0) is 24.1. The van der Waals surface area contributed by atoms with Crippen LogP contribution in [0.1, 0.15) is 25.0 Å². The van der Waals surface area contributed by atoms with Gasteiger partial charge in [0, 0.05) is 11.8 Å². The van der Waals surface area contributed by atoms with E-state index in [2.05, 4.69) is 0 Å². The molecule has 1 saturated heterocycles. The Labute approximate surface area is 192 Å². The first-order valence-corrected chi connectivity index (χ1v) is 10.2. The molecule has 0 radical (unpaired) electrons. The second kappa shape index (κ2) is 7.90. The SMILES string of the molecule is CC1(C)C(=O)N(c2ccc(C#N)c(C(F)(F)F)c2)C(=S)N1c1ccc2c(c1)OC[C@H](CO)O2. The van der Waals surface area contributed by atoms with Gasteiger partial charge in [-0.2, -0.15) is 18.4 Å². The first-order chi connectivity index (χ1) is 15.5. The molecule has 2 heterocycles. The van der Waals surface area contributed by atoms with Crippen molar-refractivity contribution in [2.45, 2.75) is 31.7 Å². The largest absolute Gasteiger partial charge is 0.486 e. The minimum absolute atomic E-state index is 0.0206. The van der Waals surface area contributed by atoms with Gasteiger partial charge in [0.05, 0.1) is 29.5 Å². The van der Waals surface area contributed by atoms with Crippen LogP contribution in [-0.2, 0) is 11.0 Å². The zero-order valence-electron chi connectivity index (χ0n) is 17.5. The van der Waals surface area contributed by atoms with Crippen molar-refractivity contribution in [2.75, 3.05) is 23.0 Å². The number of carbonyl (C=O) groups excluding carboxylic acids is 1. The molecule has 1 N–H and O–H groups in total. The number of rotatable bonds is 3. The fourth-order valence-corrected chi connectivity index (χ4v) is 4.31. The lowest BCUT2D eigenvalue weighted by Crippen LogP contribution is -2.44. The number of aliphatic hydroxyl groups excluding tert-OH is 1. The quantitative estimate of drug-likeness (QED) is 0.676. The van der Waals surface area contributed by atoms with Crippen molar-refractivity contribution < 1.29 is 32.5 Å². The van der Waals surface area contributed by atoms with Gasteiger partial charge in [0.2, 0.25) is 0 Å². The monoisotopic (exact) mass is 477 g/mol. The van der Waals surface area contributed by atoms with Crippen LogP contribution in [0.25, 0.3) is 0 Å². The minimum atomic E-state index is -4.77. The van der Waals surface area contributed by atoms with Crippen LogP contribution in [0, 0.1) is 11.3 Å². The van der Waals surface area contributed by atoms with Gasteiger partial charge in [0.15, 0.2) is 22.7 Å². The van der Waals surface area contributed by atoms with E-state index < -0.39 is 34.9 Å². The number of thiocarbonyl (C=S) groups is 1. The third-order valence-electron chi connectivity index (χ3n) is 5.46. The van der Waals surface area contributed by atoms with Crippen LogP contribution in [0.2, 0.25) is 0 Å². The molecule has 2 aliphatic heterocycles. The van der Waals surface area contributed by atoms with Gasteiger partial charge in [-0.25, -0.2) is 0 Å². The fraction of sp³-hybridized carbons (Fsp3) is 0.318. The van der Waals surface area contributed by atoms with E-state index >= 15 is 0 Å². The predicted octanol–water partition coefficient (Wildman–Crippen LogP) is 3.63. The number of ether oxygens (including phenoxy) is 2. The first-order valence-electron chi connectivity index (χ1n) is 9.83. The summed E-state index contributed by atoms with van der Waals surface area (Å²) in [6.45, 7) is 3.14. The summed E-state index contributed by atoms with van der Waals surface area (Å²) < 4.78 is 51.7. The summed E-state index contributed by atoms with van der Waals surface area (Å²) in [5, 5.41) is 18.3. The molecule has 0 bridgehead atoms. The van der Waals surface area contributed by atoms with E-state index in [9.17, 15) is 23.1 Å². The number of carbonyl (C=O) groups is 1. The number of halogens is 3. The van der Waals surface area contributed by atoms with Crippen LogP contribution in [0.3, 0.4) is 0 Å². The molecule has 1 amide bonds. The van der Waals surface area contributed by atoms with Crippen molar-refractivity contribution in [1.29, 1.82) is 5.26 Å². The summed E-state index contributed by atoms with van der Waals surface area (Å²) in [6, 6.07) is 9.43. The van der Waals surface area contributed by atoms with Crippen LogP contribution in [0.5, 0.6) is 11.5 Å². The summed E-state index contributed by atoms with van der Waals surface area (Å²) in [5.74, 6) is 0.275. The molecule has 0 aliphatic carbocycles. The molecule has 11 heteroatoms. The zero-order valence-corrected chi connectivity index (χ0v) is 18.3. The van der Waals surface area contributed by atoms with E-state index in [1.54, 1.807) is 32.0 Å². The summed E-state index contributed by atoms with van der Waals surface area (Å²) in [6.07, 6.45) is -5.27. The van der Waals surface area contributed by atoms with Crippen molar-refractivity contribution in [2.24, 2.45) is 0 Å². The molecule has 2 aliphatic rings. The molecule has 1 atom stereocenters. The number of hydrogen-bond donors (Lipinski definition) is 1. The number of nitrogens with zero attached hydrogens (tertiary/aromatic N) is 3. The number of aliphatic hydroxyl groups is 1. The molecule has 7 nitrogen and oxygen atoms in total. The van der Waals surface area contributed by atoms with Crippen molar-refractivity contribution in [3.63, 3.8) is 0 Å². The smallest absolute Gasteiger partial charge is 0.417 e. The van der Waals surface area contributed by atoms with Crippen molar-refractivity contribution in [1.82, 2.24) is 0 Å². The Balaban J connectivity index is 1.74. The molecule has 0 spiro atoms. The number of hydrogen-bond acceptors (Lipinski definition) is 6. The fourth-order valence-electron chi connectivity index (χ4n) is 3.79. The number of nitriles is 1. The van der Waals surface area contributed by atoms with E-state index in [1.807, 2.05) is 0 Å². The van der Waals surface area contributed by atoms with Gasteiger partial charge >= 0.3 is 6.18 Å². The molecule has 2 aromatic carbocycles. The van der Waals surface area contributed by atoms with Crippen LogP contribution < -0.4 is 19.3 Å². The van der Waals surface area contributed by atoms with Crippen molar-refractivity contribution in [3.05, 3.63) is 47.5 Å². The normalized spacial score (nSPS) is 19.6. The van der Waals surface area contributed by atoms with E-state index in [-0.39, 0.29) is 24.0 Å². The Bertz CT molecular complexity index is 1190. The number of anilines is 2. The highest BCUT2D eigenvalue weighted by Gasteiger charge is 2.51. The number of amides is 1. The highest BCUT2D eigenvalue weighted by Crippen LogP contribution is 2.42. The van der Waals surface area contributed by atoms with Gasteiger partial charge < -0.3 is 19.5 Å². The van der Waals surface area contributed by atoms with Gasteiger partial charge in [-0.05, 0) is 56.4 Å². The van der Waals surface area contributed by atoms with Crippen molar-refractivity contribution in [3.8, 4) is 17.6 Å².